The topological polar surface area (TPSA) is 52.7 Å². The fraction of sp³-hybridized carbons (Fsp3) is 0.833. The molecule has 0 spiro atoms. The van der Waals surface area contributed by atoms with Gasteiger partial charge in [0.25, 0.3) is 0 Å². The van der Waals surface area contributed by atoms with Crippen molar-refractivity contribution in [3.8, 4) is 0 Å². The molecule has 1 N–H and O–H groups in total. The van der Waals surface area contributed by atoms with Crippen LogP contribution in [0.3, 0.4) is 0 Å². The number of hydrogen-bond donors (Lipinski definition) is 1. The Morgan fingerprint density at radius 3 is 2.35 bits per heavy atom. The van der Waals surface area contributed by atoms with E-state index in [-0.39, 0.29) is 0 Å². The number of likely N-dealkylation sites (N-methyl/N-ethyl adjacent to an activating group) is 1. The van der Waals surface area contributed by atoms with Gasteiger partial charge in [0.05, 0.1) is 6.04 Å². The van der Waals surface area contributed by atoms with Crippen LogP contribution in [-0.4, -0.2) is 67.6 Å². The molecule has 8 heteroatoms. The summed E-state index contributed by atoms with van der Waals surface area (Å²) in [4.78, 5) is 25.5. The minimum absolute atomic E-state index is 0.503. The molecule has 116 valence electrons. The summed E-state index contributed by atoms with van der Waals surface area (Å²) in [6.45, 7) is -1.34. The second-order valence-electron chi connectivity index (χ2n) is 5.10. The lowest BCUT2D eigenvalue weighted by Gasteiger charge is -2.30. The van der Waals surface area contributed by atoms with Crippen LogP contribution in [0.4, 0.5) is 13.2 Å². The second kappa shape index (κ2) is 6.92. The Morgan fingerprint density at radius 2 is 1.90 bits per heavy atom. The predicted octanol–water partition coefficient (Wildman–Crippen LogP) is 0.608. The summed E-state index contributed by atoms with van der Waals surface area (Å²) in [6, 6.07) is -0.624. The summed E-state index contributed by atoms with van der Waals surface area (Å²) >= 11 is 0. The third kappa shape index (κ3) is 5.36. The number of carbonyl (C=O) groups is 2. The Bertz CT molecular complexity index is 352. The van der Waals surface area contributed by atoms with Crippen molar-refractivity contribution in [3.05, 3.63) is 0 Å². The van der Waals surface area contributed by atoms with Crippen LogP contribution in [0.5, 0.6) is 0 Å². The molecule has 1 aliphatic rings. The molecular formula is C12H20F3N3O2. The SMILES string of the molecule is CN(C)C(=O)CN(CC(F)(F)F)C(=O)[C@@H]1CCCCN1. The van der Waals surface area contributed by atoms with Gasteiger partial charge in [-0.05, 0) is 19.4 Å². The fourth-order valence-corrected chi connectivity index (χ4v) is 2.02. The van der Waals surface area contributed by atoms with Gasteiger partial charge in [0.1, 0.15) is 13.1 Å². The van der Waals surface area contributed by atoms with Gasteiger partial charge in [-0.2, -0.15) is 13.2 Å². The van der Waals surface area contributed by atoms with Crippen molar-refractivity contribution in [2.75, 3.05) is 33.7 Å². The number of amides is 2. The highest BCUT2D eigenvalue weighted by Crippen LogP contribution is 2.18. The first-order valence-electron chi connectivity index (χ1n) is 6.50. The Balaban J connectivity index is 2.74. The van der Waals surface area contributed by atoms with Crippen molar-refractivity contribution in [3.63, 3.8) is 0 Å². The lowest BCUT2D eigenvalue weighted by atomic mass is 10.0. The molecule has 1 atom stereocenters. The average molecular weight is 295 g/mol. The minimum atomic E-state index is -4.52. The van der Waals surface area contributed by atoms with E-state index in [1.807, 2.05) is 0 Å². The van der Waals surface area contributed by atoms with Crippen molar-refractivity contribution in [2.45, 2.75) is 31.5 Å². The molecule has 0 aromatic rings. The van der Waals surface area contributed by atoms with Gasteiger partial charge in [0, 0.05) is 14.1 Å². The molecule has 1 aliphatic heterocycles. The molecular weight excluding hydrogens is 275 g/mol. The van der Waals surface area contributed by atoms with E-state index in [2.05, 4.69) is 5.32 Å². The van der Waals surface area contributed by atoms with Crippen molar-refractivity contribution in [2.24, 2.45) is 0 Å². The summed E-state index contributed by atoms with van der Waals surface area (Å²) in [7, 11) is 2.88. The minimum Gasteiger partial charge on any atom is -0.347 e. The van der Waals surface area contributed by atoms with Crippen LogP contribution in [-0.2, 0) is 9.59 Å². The standard InChI is InChI=1S/C12H20F3N3O2/c1-17(2)10(19)7-18(8-12(13,14)15)11(20)9-5-3-4-6-16-9/h9,16H,3-8H2,1-2H3/t9-/m0/s1. The lowest BCUT2D eigenvalue weighted by molar-refractivity contribution is -0.165. The van der Waals surface area contributed by atoms with E-state index in [1.165, 1.54) is 19.0 Å². The molecule has 0 bridgehead atoms. The number of alkyl halides is 3. The fourth-order valence-electron chi connectivity index (χ4n) is 2.02. The highest BCUT2D eigenvalue weighted by molar-refractivity contribution is 5.87. The highest BCUT2D eigenvalue weighted by atomic mass is 19.4. The summed E-state index contributed by atoms with van der Waals surface area (Å²) < 4.78 is 37.6. The Labute approximate surface area is 116 Å². The van der Waals surface area contributed by atoms with Crippen molar-refractivity contribution < 1.29 is 22.8 Å². The number of piperidine rings is 1. The lowest BCUT2D eigenvalue weighted by Crippen LogP contribution is -2.53. The Morgan fingerprint density at radius 1 is 1.25 bits per heavy atom. The second-order valence-corrected chi connectivity index (χ2v) is 5.10. The van der Waals surface area contributed by atoms with Gasteiger partial charge < -0.3 is 15.1 Å². The highest BCUT2D eigenvalue weighted by Gasteiger charge is 2.36. The zero-order valence-corrected chi connectivity index (χ0v) is 11.7. The molecule has 20 heavy (non-hydrogen) atoms. The third-order valence-electron chi connectivity index (χ3n) is 3.12. The van der Waals surface area contributed by atoms with Crippen LogP contribution < -0.4 is 5.32 Å². The quantitative estimate of drug-likeness (QED) is 0.827. The number of halogens is 3. The van der Waals surface area contributed by atoms with E-state index in [1.54, 1.807) is 0 Å². The molecule has 0 saturated carbocycles. The van der Waals surface area contributed by atoms with Crippen LogP contribution in [0.15, 0.2) is 0 Å². The van der Waals surface area contributed by atoms with E-state index in [0.717, 1.165) is 12.8 Å². The van der Waals surface area contributed by atoms with E-state index >= 15 is 0 Å². The van der Waals surface area contributed by atoms with E-state index < -0.39 is 37.1 Å². The molecule has 0 aromatic heterocycles. The first-order valence-corrected chi connectivity index (χ1v) is 6.50. The first-order chi connectivity index (χ1) is 9.20. The van der Waals surface area contributed by atoms with Crippen LogP contribution in [0.25, 0.3) is 0 Å². The number of rotatable bonds is 4. The van der Waals surface area contributed by atoms with E-state index in [4.69, 9.17) is 0 Å². The maximum Gasteiger partial charge on any atom is 0.406 e. The molecule has 0 unspecified atom stereocenters. The molecule has 1 fully saturated rings. The molecule has 1 saturated heterocycles. The van der Waals surface area contributed by atoms with Crippen LogP contribution in [0.1, 0.15) is 19.3 Å². The molecule has 0 aliphatic carbocycles. The van der Waals surface area contributed by atoms with Crippen LogP contribution in [0.2, 0.25) is 0 Å². The van der Waals surface area contributed by atoms with E-state index in [0.29, 0.717) is 17.9 Å². The van der Waals surface area contributed by atoms with Gasteiger partial charge >= 0.3 is 6.18 Å². The van der Waals surface area contributed by atoms with Gasteiger partial charge in [-0.25, -0.2) is 0 Å². The Kier molecular flexibility index (Phi) is 5.79. The average Bonchev–Trinajstić information content (AvgIpc) is 2.36. The third-order valence-corrected chi connectivity index (χ3v) is 3.12. The molecule has 0 radical (unpaired) electrons. The van der Waals surface area contributed by atoms with E-state index in [9.17, 15) is 22.8 Å². The molecule has 2 amide bonds. The zero-order chi connectivity index (χ0) is 15.3. The summed E-state index contributed by atoms with van der Waals surface area (Å²) in [5.41, 5.74) is 0. The Hall–Kier alpha value is -1.31. The summed E-state index contributed by atoms with van der Waals surface area (Å²) in [6.07, 6.45) is -2.31. The molecule has 1 heterocycles. The van der Waals surface area contributed by atoms with Gasteiger partial charge in [-0.3, -0.25) is 9.59 Å². The summed E-state index contributed by atoms with van der Waals surface area (Å²) in [5.74, 6) is -1.18. The monoisotopic (exact) mass is 295 g/mol. The predicted molar refractivity (Wildman–Crippen MR) is 67.0 cm³/mol. The zero-order valence-electron chi connectivity index (χ0n) is 11.7. The maximum atomic E-state index is 12.5. The van der Waals surface area contributed by atoms with Crippen molar-refractivity contribution >= 4 is 11.8 Å². The van der Waals surface area contributed by atoms with Crippen LogP contribution >= 0.6 is 0 Å². The van der Waals surface area contributed by atoms with Crippen molar-refractivity contribution in [1.29, 1.82) is 0 Å². The van der Waals surface area contributed by atoms with Crippen molar-refractivity contribution in [1.82, 2.24) is 15.1 Å². The van der Waals surface area contributed by atoms with Gasteiger partial charge in [-0.15, -0.1) is 0 Å². The first kappa shape index (κ1) is 16.7. The summed E-state index contributed by atoms with van der Waals surface area (Å²) in [5, 5.41) is 2.90. The molecule has 0 aromatic carbocycles. The van der Waals surface area contributed by atoms with Gasteiger partial charge in [0.2, 0.25) is 11.8 Å². The van der Waals surface area contributed by atoms with Crippen LogP contribution in [0, 0.1) is 0 Å². The number of hydrogen-bond acceptors (Lipinski definition) is 3. The molecule has 1 rings (SSSR count). The normalized spacial score (nSPS) is 19.6. The molecule has 5 nitrogen and oxygen atoms in total. The smallest absolute Gasteiger partial charge is 0.347 e. The van der Waals surface area contributed by atoms with Gasteiger partial charge in [0.15, 0.2) is 0 Å². The maximum absolute atomic E-state index is 12.5. The number of carbonyl (C=O) groups excluding carboxylic acids is 2. The van der Waals surface area contributed by atoms with Gasteiger partial charge in [-0.1, -0.05) is 6.42 Å². The number of nitrogens with one attached hydrogen (secondary N) is 1. The largest absolute Gasteiger partial charge is 0.406 e. The number of nitrogens with zero attached hydrogens (tertiary/aromatic N) is 2.